The van der Waals surface area contributed by atoms with Gasteiger partial charge in [0.25, 0.3) is 0 Å². The van der Waals surface area contributed by atoms with Gasteiger partial charge in [-0.2, -0.15) is 28.2 Å². The predicted molar refractivity (Wildman–Crippen MR) is 93.8 cm³/mol. The van der Waals surface area contributed by atoms with E-state index < -0.39 is 17.8 Å². The van der Waals surface area contributed by atoms with Crippen LogP contribution in [0.3, 0.4) is 0 Å². The minimum Gasteiger partial charge on any atom is -0.465 e. The highest BCUT2D eigenvalue weighted by molar-refractivity contribution is 6.28. The van der Waals surface area contributed by atoms with Gasteiger partial charge in [0.2, 0.25) is 5.28 Å². The van der Waals surface area contributed by atoms with E-state index in [1.54, 1.807) is 4.90 Å². The van der Waals surface area contributed by atoms with Gasteiger partial charge in [0.1, 0.15) is 5.82 Å². The van der Waals surface area contributed by atoms with Crippen molar-refractivity contribution in [3.8, 4) is 5.69 Å². The van der Waals surface area contributed by atoms with Gasteiger partial charge in [-0.1, -0.05) is 6.07 Å². The molecule has 0 bridgehead atoms. The normalized spacial score (nSPS) is 14.9. The van der Waals surface area contributed by atoms with E-state index in [1.165, 1.54) is 23.0 Å². The van der Waals surface area contributed by atoms with Crippen molar-refractivity contribution in [1.29, 1.82) is 0 Å². The van der Waals surface area contributed by atoms with Crippen molar-refractivity contribution in [2.75, 3.05) is 18.0 Å². The summed E-state index contributed by atoms with van der Waals surface area (Å²) in [4.78, 5) is 20.8. The van der Waals surface area contributed by atoms with Crippen LogP contribution < -0.4 is 10.2 Å². The van der Waals surface area contributed by atoms with Crippen molar-refractivity contribution in [3.63, 3.8) is 0 Å². The highest BCUT2D eigenvalue weighted by atomic mass is 35.5. The summed E-state index contributed by atoms with van der Waals surface area (Å²) in [6.45, 7) is 0.757. The molecule has 0 atom stereocenters. The van der Waals surface area contributed by atoms with Crippen LogP contribution >= 0.6 is 11.6 Å². The summed E-state index contributed by atoms with van der Waals surface area (Å²) in [5.41, 5.74) is -0.372. The molecule has 1 aromatic carbocycles. The van der Waals surface area contributed by atoms with Gasteiger partial charge in [0.05, 0.1) is 28.9 Å². The molecule has 12 heteroatoms. The van der Waals surface area contributed by atoms with Crippen LogP contribution in [0.25, 0.3) is 16.7 Å². The number of alkyl halides is 3. The van der Waals surface area contributed by atoms with Crippen molar-refractivity contribution < 1.29 is 23.1 Å². The van der Waals surface area contributed by atoms with Crippen molar-refractivity contribution in [2.45, 2.75) is 12.2 Å². The Kier molecular flexibility index (Phi) is 4.26. The lowest BCUT2D eigenvalue weighted by atomic mass is 10.1. The number of hydrogen-bond acceptors (Lipinski definition) is 5. The summed E-state index contributed by atoms with van der Waals surface area (Å²) in [7, 11) is 0. The Bertz CT molecular complexity index is 1060. The average molecular weight is 413 g/mol. The Morgan fingerprint density at radius 2 is 2.04 bits per heavy atom. The van der Waals surface area contributed by atoms with E-state index >= 15 is 0 Å². The zero-order valence-electron chi connectivity index (χ0n) is 14.0. The number of aromatic nitrogens is 4. The molecule has 0 saturated carbocycles. The van der Waals surface area contributed by atoms with Crippen molar-refractivity contribution in [1.82, 2.24) is 25.1 Å². The van der Waals surface area contributed by atoms with Crippen LogP contribution in [0.4, 0.5) is 23.8 Å². The smallest absolute Gasteiger partial charge is 0.416 e. The quantitative estimate of drug-likeness (QED) is 0.642. The number of nitrogens with one attached hydrogen (secondary N) is 1. The minimum atomic E-state index is -4.49. The lowest BCUT2D eigenvalue weighted by molar-refractivity contribution is -0.137. The summed E-state index contributed by atoms with van der Waals surface area (Å²) in [5.74, 6) is 0.441. The number of carboxylic acid groups (broad SMARTS) is 1. The second-order valence-electron chi connectivity index (χ2n) is 6.21. The Morgan fingerprint density at radius 1 is 1.29 bits per heavy atom. The fraction of sp³-hybridized carbons (Fsp3) is 0.250. The van der Waals surface area contributed by atoms with Gasteiger partial charge in [-0.15, -0.1) is 0 Å². The lowest BCUT2D eigenvalue weighted by Gasteiger charge is -2.39. The number of fused-ring (bicyclic) bond motifs is 1. The molecule has 2 N–H and O–H groups in total. The first-order valence-electron chi connectivity index (χ1n) is 8.05. The van der Waals surface area contributed by atoms with Crippen molar-refractivity contribution >= 4 is 34.5 Å². The molecule has 1 fully saturated rings. The van der Waals surface area contributed by atoms with E-state index in [4.69, 9.17) is 16.7 Å². The molecule has 3 heterocycles. The summed E-state index contributed by atoms with van der Waals surface area (Å²) < 4.78 is 40.3. The first-order valence-corrected chi connectivity index (χ1v) is 8.43. The topological polar surface area (TPSA) is 96.2 Å². The number of halogens is 4. The molecule has 28 heavy (non-hydrogen) atoms. The van der Waals surface area contributed by atoms with Crippen molar-refractivity contribution in [2.24, 2.45) is 0 Å². The zero-order valence-corrected chi connectivity index (χ0v) is 14.7. The summed E-state index contributed by atoms with van der Waals surface area (Å²) in [6, 6.07) is 4.46. The predicted octanol–water partition coefficient (Wildman–Crippen LogP) is 2.94. The second kappa shape index (κ2) is 6.51. The molecule has 8 nitrogen and oxygen atoms in total. The fourth-order valence-corrected chi connectivity index (χ4v) is 3.19. The molecule has 0 aliphatic carbocycles. The summed E-state index contributed by atoms with van der Waals surface area (Å²) >= 11 is 6.01. The Labute approximate surface area is 160 Å². The number of hydrogen-bond donors (Lipinski definition) is 2. The number of rotatable bonds is 3. The highest BCUT2D eigenvalue weighted by Crippen LogP contribution is 2.32. The third-order valence-corrected chi connectivity index (χ3v) is 4.48. The summed E-state index contributed by atoms with van der Waals surface area (Å²) in [6.07, 6.45) is -4.16. The first kappa shape index (κ1) is 18.3. The number of benzene rings is 1. The minimum absolute atomic E-state index is 0.0918. The van der Waals surface area contributed by atoms with E-state index in [0.717, 1.165) is 12.1 Å². The monoisotopic (exact) mass is 412 g/mol. The van der Waals surface area contributed by atoms with Gasteiger partial charge in [-0.25, -0.2) is 9.48 Å². The Hall–Kier alpha value is -3.08. The largest absolute Gasteiger partial charge is 0.465 e. The molecule has 0 radical (unpaired) electrons. The summed E-state index contributed by atoms with van der Waals surface area (Å²) in [5, 5.41) is 15.7. The standard InChI is InChI=1S/C16H12ClF3N6O2/c17-14-23-12(25-6-9(7-25)22-15(27)28)11-5-21-26(13(11)24-14)10-3-1-2-8(4-10)16(18,19)20/h1-5,9,22H,6-7H2,(H,27,28). The highest BCUT2D eigenvalue weighted by Gasteiger charge is 2.32. The van der Waals surface area contributed by atoms with Crippen LogP contribution in [0.1, 0.15) is 5.56 Å². The van der Waals surface area contributed by atoms with E-state index in [0.29, 0.717) is 24.3 Å². The van der Waals surface area contributed by atoms with E-state index in [9.17, 15) is 18.0 Å². The zero-order chi connectivity index (χ0) is 20.1. The van der Waals surface area contributed by atoms with Gasteiger partial charge >= 0.3 is 12.3 Å². The van der Waals surface area contributed by atoms with Crippen molar-refractivity contribution in [3.05, 3.63) is 41.3 Å². The van der Waals surface area contributed by atoms with Crippen LogP contribution in [0.2, 0.25) is 5.28 Å². The molecule has 4 rings (SSSR count). The van der Waals surface area contributed by atoms with Gasteiger partial charge in [0.15, 0.2) is 5.65 Å². The molecule has 1 aliphatic rings. The first-order chi connectivity index (χ1) is 13.2. The fourth-order valence-electron chi connectivity index (χ4n) is 3.03. The molecule has 3 aromatic rings. The molecule has 1 aliphatic heterocycles. The molecular formula is C16H12ClF3N6O2. The lowest BCUT2D eigenvalue weighted by Crippen LogP contribution is -2.59. The van der Waals surface area contributed by atoms with Gasteiger partial charge < -0.3 is 15.3 Å². The van der Waals surface area contributed by atoms with E-state index in [1.807, 2.05) is 0 Å². The number of anilines is 1. The maximum Gasteiger partial charge on any atom is 0.416 e. The number of nitrogens with zero attached hydrogens (tertiary/aromatic N) is 5. The maximum absolute atomic E-state index is 13.0. The third kappa shape index (κ3) is 3.28. The van der Waals surface area contributed by atoms with E-state index in [-0.39, 0.29) is 22.7 Å². The van der Waals surface area contributed by atoms with Gasteiger partial charge in [-0.3, -0.25) is 0 Å². The molecule has 2 aromatic heterocycles. The van der Waals surface area contributed by atoms with Gasteiger partial charge in [0, 0.05) is 13.1 Å². The molecular weight excluding hydrogens is 401 g/mol. The maximum atomic E-state index is 13.0. The van der Waals surface area contributed by atoms with Crippen LogP contribution in [0.5, 0.6) is 0 Å². The second-order valence-corrected chi connectivity index (χ2v) is 6.55. The number of carbonyl (C=O) groups is 1. The Morgan fingerprint density at radius 3 is 2.71 bits per heavy atom. The van der Waals surface area contributed by atoms with E-state index in [2.05, 4.69) is 20.4 Å². The molecule has 1 saturated heterocycles. The van der Waals surface area contributed by atoms with Gasteiger partial charge in [-0.05, 0) is 29.8 Å². The molecule has 146 valence electrons. The molecule has 0 spiro atoms. The van der Waals surface area contributed by atoms with Crippen LogP contribution in [-0.4, -0.2) is 50.1 Å². The third-order valence-electron chi connectivity index (χ3n) is 4.31. The molecule has 0 unspecified atom stereocenters. The Balaban J connectivity index is 1.72. The van der Waals surface area contributed by atoms with Crippen LogP contribution in [0.15, 0.2) is 30.5 Å². The van der Waals surface area contributed by atoms with Crippen LogP contribution in [0, 0.1) is 0 Å². The average Bonchev–Trinajstić information content (AvgIpc) is 3.00. The molecule has 1 amide bonds. The number of amides is 1. The SMILES string of the molecule is O=C(O)NC1CN(c2nc(Cl)nc3c2cnn3-c2cccc(C(F)(F)F)c2)C1. The van der Waals surface area contributed by atoms with Crippen LogP contribution in [-0.2, 0) is 6.18 Å².